The zero-order valence-corrected chi connectivity index (χ0v) is 49.2. The largest absolute Gasteiger partial charge is 0.462 e. The molecule has 10 heteroatoms. The summed E-state index contributed by atoms with van der Waals surface area (Å²) in [5, 5.41) is 0.522. The summed E-state index contributed by atoms with van der Waals surface area (Å²) in [6.45, 7) is 40.1. The summed E-state index contributed by atoms with van der Waals surface area (Å²) < 4.78 is 41.2. The molecular weight excluding hydrogens is 857 g/mol. The fraction of sp³-hybridized carbons (Fsp3) is 0.982. The molecule has 3 rings (SSSR count). The minimum Gasteiger partial charge on any atom is -0.462 e. The highest BCUT2D eigenvalue weighted by atomic mass is 28.4. The summed E-state index contributed by atoms with van der Waals surface area (Å²) in [6, 6.07) is 0. The number of unbranched alkanes of at least 4 members (excludes halogenated alkanes) is 12. The van der Waals surface area contributed by atoms with E-state index in [1.165, 1.54) is 89.9 Å². The van der Waals surface area contributed by atoms with Crippen LogP contribution in [0.4, 0.5) is 0 Å². The Hall–Kier alpha value is -0.0794. The average molecular weight is 968 g/mol. The van der Waals surface area contributed by atoms with Crippen LogP contribution >= 0.6 is 0 Å². The van der Waals surface area contributed by atoms with E-state index >= 15 is 0 Å². The average Bonchev–Trinajstić information content (AvgIpc) is 3.94. The van der Waals surface area contributed by atoms with Crippen LogP contribution in [0, 0.1) is 5.92 Å². The molecule has 0 saturated carbocycles. The SMILES string of the molecule is CCCCCC[C@@H](CCC[C@@H](O[Si](C)(C)C(C)(C)C)[C@H]1CC[C@H]([C@H]2CC[C@H]([C@@H](CCCCCCCCCCCCC3C[C@H](C)OC3=O)O[Si](C)(C)C(C)(C)C)O2)O1)O[Si](C)(C)C(C)(C)C. The second kappa shape index (κ2) is 26.9. The molecule has 0 bridgehead atoms. The van der Waals surface area contributed by atoms with Crippen molar-refractivity contribution in [1.29, 1.82) is 0 Å². The summed E-state index contributed by atoms with van der Waals surface area (Å²) in [7, 11) is -5.87. The van der Waals surface area contributed by atoms with Crippen LogP contribution in [0.1, 0.15) is 237 Å². The number of carbonyl (C=O) groups is 1. The van der Waals surface area contributed by atoms with Gasteiger partial charge in [-0.15, -0.1) is 0 Å². The van der Waals surface area contributed by atoms with Crippen molar-refractivity contribution in [3.8, 4) is 0 Å². The summed E-state index contributed by atoms with van der Waals surface area (Å²) in [5.74, 6) is 0.182. The van der Waals surface area contributed by atoms with Crippen LogP contribution in [0.2, 0.25) is 54.4 Å². The Kier molecular flexibility index (Phi) is 24.5. The van der Waals surface area contributed by atoms with Gasteiger partial charge in [-0.2, -0.15) is 0 Å². The molecule has 3 saturated heterocycles. The summed E-state index contributed by atoms with van der Waals surface area (Å²) in [5.41, 5.74) is 0. The lowest BCUT2D eigenvalue weighted by Gasteiger charge is -2.41. The second-order valence-corrected chi connectivity index (χ2v) is 40.3. The minimum atomic E-state index is -2.02. The van der Waals surface area contributed by atoms with E-state index in [9.17, 15) is 4.79 Å². The molecule has 0 N–H and O–H groups in total. The Morgan fingerprint density at radius 3 is 1.34 bits per heavy atom. The first kappa shape index (κ1) is 59.2. The molecule has 0 aliphatic carbocycles. The van der Waals surface area contributed by atoms with Gasteiger partial charge in [0.25, 0.3) is 0 Å². The van der Waals surface area contributed by atoms with Crippen LogP contribution in [0.3, 0.4) is 0 Å². The predicted octanol–water partition coefficient (Wildman–Crippen LogP) is 17.0. The van der Waals surface area contributed by atoms with Crippen molar-refractivity contribution < 1.29 is 32.3 Å². The van der Waals surface area contributed by atoms with E-state index in [1.54, 1.807) is 0 Å². The molecule has 1 unspecified atom stereocenters. The topological polar surface area (TPSA) is 72.5 Å². The molecule has 0 radical (unpaired) electrons. The van der Waals surface area contributed by atoms with Gasteiger partial charge in [-0.3, -0.25) is 4.79 Å². The maximum Gasteiger partial charge on any atom is 0.309 e. The van der Waals surface area contributed by atoms with E-state index in [0.29, 0.717) is 6.10 Å². The van der Waals surface area contributed by atoms with Crippen LogP contribution in [-0.2, 0) is 32.3 Å². The summed E-state index contributed by atoms with van der Waals surface area (Å²) in [6.07, 6.45) is 30.9. The van der Waals surface area contributed by atoms with Gasteiger partial charge >= 0.3 is 5.97 Å². The van der Waals surface area contributed by atoms with Crippen molar-refractivity contribution >= 4 is 30.9 Å². The molecule has 0 aromatic rings. The number of hydrogen-bond donors (Lipinski definition) is 0. The first-order valence-electron chi connectivity index (χ1n) is 27.7. The van der Waals surface area contributed by atoms with Crippen LogP contribution in [0.15, 0.2) is 0 Å². The van der Waals surface area contributed by atoms with Gasteiger partial charge in [0.1, 0.15) is 0 Å². The Bertz CT molecular complexity index is 1330. The Morgan fingerprint density at radius 2 is 0.908 bits per heavy atom. The van der Waals surface area contributed by atoms with Crippen molar-refractivity contribution in [2.45, 2.75) is 340 Å². The zero-order valence-electron chi connectivity index (χ0n) is 46.2. The van der Waals surface area contributed by atoms with Gasteiger partial charge in [-0.05, 0) is 132 Å². The highest BCUT2D eigenvalue weighted by molar-refractivity contribution is 6.75. The summed E-state index contributed by atoms with van der Waals surface area (Å²) >= 11 is 0. The van der Waals surface area contributed by atoms with E-state index in [-0.39, 0.29) is 69.7 Å². The van der Waals surface area contributed by atoms with Gasteiger partial charge in [-0.25, -0.2) is 0 Å². The number of hydrogen-bond acceptors (Lipinski definition) is 7. The molecule has 3 fully saturated rings. The number of cyclic esters (lactones) is 1. The highest BCUT2D eigenvalue weighted by Gasteiger charge is 2.47. The van der Waals surface area contributed by atoms with Crippen LogP contribution in [0.5, 0.6) is 0 Å². The van der Waals surface area contributed by atoms with Crippen LogP contribution in [0.25, 0.3) is 0 Å². The Balaban J connectivity index is 1.55. The molecule has 3 aliphatic heterocycles. The molecule has 7 nitrogen and oxygen atoms in total. The van der Waals surface area contributed by atoms with E-state index in [2.05, 4.69) is 109 Å². The smallest absolute Gasteiger partial charge is 0.309 e. The minimum absolute atomic E-state index is 0.0329. The first-order valence-corrected chi connectivity index (χ1v) is 36.4. The number of esters is 1. The second-order valence-electron chi connectivity index (χ2n) is 26.0. The van der Waals surface area contributed by atoms with E-state index in [0.717, 1.165) is 70.6 Å². The van der Waals surface area contributed by atoms with Gasteiger partial charge < -0.3 is 27.5 Å². The number of rotatable bonds is 31. The molecule has 3 heterocycles. The molecule has 0 aromatic carbocycles. The molecule has 384 valence electrons. The first-order chi connectivity index (χ1) is 30.2. The molecular formula is C55H110O7Si3. The number of ether oxygens (including phenoxy) is 3. The van der Waals surface area contributed by atoms with Gasteiger partial charge in [-0.1, -0.05) is 159 Å². The number of carbonyl (C=O) groups excluding carboxylic acids is 1. The summed E-state index contributed by atoms with van der Waals surface area (Å²) in [4.78, 5) is 11.9. The third-order valence-electron chi connectivity index (χ3n) is 17.1. The van der Waals surface area contributed by atoms with Crippen LogP contribution < -0.4 is 0 Å². The van der Waals surface area contributed by atoms with E-state index < -0.39 is 25.0 Å². The molecule has 9 atom stereocenters. The van der Waals surface area contributed by atoms with E-state index in [1.807, 2.05) is 6.92 Å². The van der Waals surface area contributed by atoms with Crippen molar-refractivity contribution in [2.75, 3.05) is 0 Å². The fourth-order valence-electron chi connectivity index (χ4n) is 9.65. The maximum atomic E-state index is 11.9. The van der Waals surface area contributed by atoms with Crippen molar-refractivity contribution in [1.82, 2.24) is 0 Å². The predicted molar refractivity (Wildman–Crippen MR) is 284 cm³/mol. The third kappa shape index (κ3) is 19.9. The van der Waals surface area contributed by atoms with Crippen molar-refractivity contribution in [3.05, 3.63) is 0 Å². The van der Waals surface area contributed by atoms with E-state index in [4.69, 9.17) is 27.5 Å². The van der Waals surface area contributed by atoms with Crippen LogP contribution in [-0.4, -0.2) is 79.8 Å². The van der Waals surface area contributed by atoms with Gasteiger partial charge in [0.15, 0.2) is 25.0 Å². The lowest BCUT2D eigenvalue weighted by molar-refractivity contribution is -0.143. The molecule has 3 aliphatic rings. The fourth-order valence-corrected chi connectivity index (χ4v) is 13.8. The van der Waals surface area contributed by atoms with Crippen molar-refractivity contribution in [3.63, 3.8) is 0 Å². The van der Waals surface area contributed by atoms with Gasteiger partial charge in [0.2, 0.25) is 0 Å². The monoisotopic (exact) mass is 967 g/mol. The molecule has 65 heavy (non-hydrogen) atoms. The zero-order chi connectivity index (χ0) is 48.7. The lowest BCUT2D eigenvalue weighted by Crippen LogP contribution is -2.48. The quantitative estimate of drug-likeness (QED) is 0.0389. The van der Waals surface area contributed by atoms with Crippen molar-refractivity contribution in [2.24, 2.45) is 5.92 Å². The molecule has 0 amide bonds. The normalized spacial score (nSPS) is 25.3. The van der Waals surface area contributed by atoms with Gasteiger partial charge in [0, 0.05) is 6.10 Å². The third-order valence-corrected chi connectivity index (χ3v) is 30.7. The Morgan fingerprint density at radius 1 is 0.523 bits per heavy atom. The lowest BCUT2D eigenvalue weighted by atomic mass is 9.97. The van der Waals surface area contributed by atoms with Gasteiger partial charge in [0.05, 0.1) is 48.6 Å². The Labute approximate surface area is 407 Å². The molecule has 0 spiro atoms. The molecule has 0 aromatic heterocycles. The maximum absolute atomic E-state index is 11.9. The standard InChI is InChI=1S/C55H110O7Si3/c1-18-19-20-30-34-45(60-63(12,13)53(3,4)5)35-32-37-51(62-65(16,17)55(9,10)11)49-41-39-47(59-49)46-38-40-48(58-46)50(61-64(14,15)54(6,7)8)36-31-28-26-24-22-21-23-25-27-29-33-44-42-43(2)57-52(44)56/h43-51H,18-42H2,1-17H3/t43-,44?,45-,46+,47+,48+,49+,50+,51+/m0/s1. The highest BCUT2D eigenvalue weighted by Crippen LogP contribution is 2.44.